The molecule has 0 atom stereocenters. The van der Waals surface area contributed by atoms with Gasteiger partial charge in [0.25, 0.3) is 0 Å². The monoisotopic (exact) mass is 366 g/mol. The number of likely N-dealkylation sites (tertiary alicyclic amines) is 1. The summed E-state index contributed by atoms with van der Waals surface area (Å²) >= 11 is 0. The van der Waals surface area contributed by atoms with Gasteiger partial charge in [-0.15, -0.1) is 0 Å². The minimum atomic E-state index is -3.48. The van der Waals surface area contributed by atoms with Crippen LogP contribution in [0.15, 0.2) is 17.0 Å². The van der Waals surface area contributed by atoms with Crippen LogP contribution >= 0.6 is 0 Å². The molecule has 0 radical (unpaired) electrons. The number of hydrogen-bond acceptors (Lipinski definition) is 3. The van der Waals surface area contributed by atoms with Crippen molar-refractivity contribution in [2.75, 3.05) is 19.6 Å². The van der Waals surface area contributed by atoms with E-state index in [1.807, 2.05) is 26.0 Å². The number of benzene rings is 1. The summed E-state index contributed by atoms with van der Waals surface area (Å²) in [6.45, 7) is 15.5. The highest BCUT2D eigenvalue weighted by atomic mass is 32.2. The minimum absolute atomic E-state index is 0.0113. The van der Waals surface area contributed by atoms with Gasteiger partial charge in [-0.1, -0.05) is 39.8 Å². The highest BCUT2D eigenvalue weighted by molar-refractivity contribution is 7.89. The Balaban J connectivity index is 2.18. The Morgan fingerprint density at radius 2 is 1.64 bits per heavy atom. The second-order valence-electron chi connectivity index (χ2n) is 8.43. The number of rotatable bonds is 5. The van der Waals surface area contributed by atoms with Crippen LogP contribution in [0.5, 0.6) is 0 Å². The van der Waals surface area contributed by atoms with Crippen molar-refractivity contribution in [3.63, 3.8) is 0 Å². The van der Waals surface area contributed by atoms with Gasteiger partial charge in [0.05, 0.1) is 4.90 Å². The lowest BCUT2D eigenvalue weighted by atomic mass is 9.85. The molecular weight excluding hydrogens is 332 g/mol. The molecule has 0 aromatic heterocycles. The molecule has 1 aromatic rings. The fraction of sp³-hybridized carbons (Fsp3) is 0.700. The van der Waals surface area contributed by atoms with Crippen LogP contribution in [0.4, 0.5) is 0 Å². The fourth-order valence-corrected chi connectivity index (χ4v) is 5.43. The number of sulfonamides is 1. The van der Waals surface area contributed by atoms with Gasteiger partial charge in [0.1, 0.15) is 0 Å². The molecule has 0 aliphatic carbocycles. The molecule has 142 valence electrons. The molecule has 25 heavy (non-hydrogen) atoms. The maximum absolute atomic E-state index is 13.0. The molecule has 1 aliphatic rings. The van der Waals surface area contributed by atoms with Crippen LogP contribution in [0.3, 0.4) is 0 Å². The van der Waals surface area contributed by atoms with Gasteiger partial charge in [-0.05, 0) is 74.8 Å². The number of piperidine rings is 1. The molecule has 1 fully saturated rings. The molecule has 2 rings (SSSR count). The molecule has 0 spiro atoms. The van der Waals surface area contributed by atoms with Crippen LogP contribution in [0.2, 0.25) is 0 Å². The van der Waals surface area contributed by atoms with Crippen LogP contribution in [0, 0.1) is 13.8 Å². The van der Waals surface area contributed by atoms with Gasteiger partial charge in [-0.3, -0.25) is 0 Å². The summed E-state index contributed by atoms with van der Waals surface area (Å²) in [6.07, 6.45) is 2.92. The second-order valence-corrected chi connectivity index (χ2v) is 10.1. The third-order valence-corrected chi connectivity index (χ3v) is 6.87. The predicted octanol–water partition coefficient (Wildman–Crippen LogP) is 3.75. The Morgan fingerprint density at radius 3 is 2.08 bits per heavy atom. The molecule has 4 nitrogen and oxygen atoms in total. The zero-order chi connectivity index (χ0) is 18.8. The summed E-state index contributed by atoms with van der Waals surface area (Å²) in [5.74, 6) is 0. The van der Waals surface area contributed by atoms with Gasteiger partial charge in [-0.2, -0.15) is 0 Å². The lowest BCUT2D eigenvalue weighted by molar-refractivity contribution is 0.208. The first-order valence-electron chi connectivity index (χ1n) is 9.41. The van der Waals surface area contributed by atoms with E-state index in [-0.39, 0.29) is 11.5 Å². The first-order valence-corrected chi connectivity index (χ1v) is 10.9. The standard InChI is InChI=1S/C20H34N2O2S/c1-7-10-22-11-8-18(9-12-22)21-25(23,24)19-15(2)13-17(14-16(19)3)20(4,5)6/h13-14,18,21H,7-12H2,1-6H3. The third-order valence-electron chi connectivity index (χ3n) is 5.04. The number of nitrogens with one attached hydrogen (secondary N) is 1. The topological polar surface area (TPSA) is 49.4 Å². The molecule has 1 saturated heterocycles. The van der Waals surface area contributed by atoms with Crippen LogP contribution in [0.25, 0.3) is 0 Å². The molecule has 0 amide bonds. The van der Waals surface area contributed by atoms with Crippen LogP contribution in [-0.2, 0) is 15.4 Å². The molecule has 0 unspecified atom stereocenters. The Hall–Kier alpha value is -0.910. The van der Waals surface area contributed by atoms with Crippen molar-refractivity contribution in [2.24, 2.45) is 0 Å². The van der Waals surface area contributed by atoms with Crippen LogP contribution in [0.1, 0.15) is 63.6 Å². The van der Waals surface area contributed by atoms with E-state index in [2.05, 4.69) is 37.3 Å². The second kappa shape index (κ2) is 7.77. The Kier molecular flexibility index (Phi) is 6.34. The molecule has 0 saturated carbocycles. The molecule has 0 bridgehead atoms. The van der Waals surface area contributed by atoms with Crippen molar-refractivity contribution >= 4 is 10.0 Å². The van der Waals surface area contributed by atoms with E-state index in [0.29, 0.717) is 4.90 Å². The quantitative estimate of drug-likeness (QED) is 0.863. The van der Waals surface area contributed by atoms with Crippen LogP contribution < -0.4 is 4.72 Å². The molecule has 1 N–H and O–H groups in total. The van der Waals surface area contributed by atoms with Crippen molar-refractivity contribution in [3.8, 4) is 0 Å². The maximum atomic E-state index is 13.0. The normalized spacial score (nSPS) is 17.8. The van der Waals surface area contributed by atoms with E-state index < -0.39 is 10.0 Å². The Morgan fingerprint density at radius 1 is 1.12 bits per heavy atom. The van der Waals surface area contributed by atoms with Crippen molar-refractivity contribution in [2.45, 2.75) is 77.2 Å². The molecular formula is C20H34N2O2S. The summed E-state index contributed by atoms with van der Waals surface area (Å²) in [4.78, 5) is 2.87. The third kappa shape index (κ3) is 5.05. The number of aryl methyl sites for hydroxylation is 2. The van der Waals surface area contributed by atoms with E-state index >= 15 is 0 Å². The van der Waals surface area contributed by atoms with Crippen molar-refractivity contribution in [1.82, 2.24) is 9.62 Å². The first kappa shape index (κ1) is 20.4. The van der Waals surface area contributed by atoms with Crippen LogP contribution in [-0.4, -0.2) is 39.0 Å². The van der Waals surface area contributed by atoms with E-state index in [1.165, 1.54) is 5.56 Å². The minimum Gasteiger partial charge on any atom is -0.303 e. The molecule has 5 heteroatoms. The van der Waals surface area contributed by atoms with Crippen molar-refractivity contribution < 1.29 is 8.42 Å². The van der Waals surface area contributed by atoms with Gasteiger partial charge >= 0.3 is 0 Å². The van der Waals surface area contributed by atoms with Gasteiger partial charge in [-0.25, -0.2) is 13.1 Å². The zero-order valence-electron chi connectivity index (χ0n) is 16.6. The largest absolute Gasteiger partial charge is 0.303 e. The summed E-state index contributed by atoms with van der Waals surface area (Å²) in [6, 6.07) is 4.08. The zero-order valence-corrected chi connectivity index (χ0v) is 17.5. The molecule has 1 aliphatic heterocycles. The van der Waals surface area contributed by atoms with E-state index in [4.69, 9.17) is 0 Å². The van der Waals surface area contributed by atoms with E-state index in [1.54, 1.807) is 0 Å². The number of nitrogens with zero attached hydrogens (tertiary/aromatic N) is 1. The van der Waals surface area contributed by atoms with Crippen molar-refractivity contribution in [1.29, 1.82) is 0 Å². The summed E-state index contributed by atoms with van der Waals surface area (Å²) in [5, 5.41) is 0. The van der Waals surface area contributed by atoms with Gasteiger partial charge in [0.2, 0.25) is 10.0 Å². The lowest BCUT2D eigenvalue weighted by Gasteiger charge is -2.32. The highest BCUT2D eigenvalue weighted by Gasteiger charge is 2.27. The van der Waals surface area contributed by atoms with Crippen molar-refractivity contribution in [3.05, 3.63) is 28.8 Å². The lowest BCUT2D eigenvalue weighted by Crippen LogP contribution is -2.45. The predicted molar refractivity (Wildman–Crippen MR) is 105 cm³/mol. The average molecular weight is 367 g/mol. The average Bonchev–Trinajstić information content (AvgIpc) is 2.47. The summed E-state index contributed by atoms with van der Waals surface area (Å²) < 4.78 is 28.9. The van der Waals surface area contributed by atoms with E-state index in [9.17, 15) is 8.42 Å². The smallest absolute Gasteiger partial charge is 0.241 e. The molecule has 1 heterocycles. The summed E-state index contributed by atoms with van der Waals surface area (Å²) in [5.41, 5.74) is 2.85. The highest BCUT2D eigenvalue weighted by Crippen LogP contribution is 2.29. The SMILES string of the molecule is CCCN1CCC(NS(=O)(=O)c2c(C)cc(C(C)(C)C)cc2C)CC1. The Labute approximate surface area is 154 Å². The maximum Gasteiger partial charge on any atom is 0.241 e. The van der Waals surface area contributed by atoms with Gasteiger partial charge < -0.3 is 4.90 Å². The fourth-order valence-electron chi connectivity index (χ4n) is 3.68. The van der Waals surface area contributed by atoms with E-state index in [0.717, 1.165) is 50.0 Å². The van der Waals surface area contributed by atoms with Gasteiger partial charge in [0.15, 0.2) is 0 Å². The summed E-state index contributed by atoms with van der Waals surface area (Å²) in [7, 11) is -3.48. The number of hydrogen-bond donors (Lipinski definition) is 1. The Bertz CT molecular complexity index is 674. The first-order chi connectivity index (χ1) is 11.5. The van der Waals surface area contributed by atoms with Gasteiger partial charge in [0, 0.05) is 6.04 Å². The molecule has 1 aromatic carbocycles.